The van der Waals surface area contributed by atoms with E-state index in [4.69, 9.17) is 20.3 Å². The molecule has 0 saturated carbocycles. The van der Waals surface area contributed by atoms with Crippen molar-refractivity contribution in [2.24, 2.45) is 11.1 Å². The summed E-state index contributed by atoms with van der Waals surface area (Å²) in [5.41, 5.74) is 6.91. The molecule has 0 radical (unpaired) electrons. The van der Waals surface area contributed by atoms with Crippen molar-refractivity contribution in [1.82, 2.24) is 0 Å². The summed E-state index contributed by atoms with van der Waals surface area (Å²) in [5.74, 6) is 1.28. The van der Waals surface area contributed by atoms with Crippen molar-refractivity contribution in [3.63, 3.8) is 0 Å². The van der Waals surface area contributed by atoms with Crippen molar-refractivity contribution in [3.8, 4) is 11.5 Å². The summed E-state index contributed by atoms with van der Waals surface area (Å²) in [6.45, 7) is 8.37. The standard InChI is InChI=1S/C16H27NO3/c1-6-12(17)15(16(2,3)4)20-13-8-7-11(10-18)9-14(13)19-5/h7-9,12,15,18H,6,10,17H2,1-5H3. The SMILES string of the molecule is CCC(N)C(Oc1ccc(CO)cc1OC)C(C)(C)C. The molecule has 1 aromatic carbocycles. The fraction of sp³-hybridized carbons (Fsp3) is 0.625. The van der Waals surface area contributed by atoms with Crippen LogP contribution in [0.1, 0.15) is 39.7 Å². The van der Waals surface area contributed by atoms with Crippen molar-refractivity contribution in [3.05, 3.63) is 23.8 Å². The lowest BCUT2D eigenvalue weighted by molar-refractivity contribution is 0.0596. The molecule has 3 N–H and O–H groups in total. The lowest BCUT2D eigenvalue weighted by atomic mass is 9.84. The Morgan fingerprint density at radius 3 is 2.35 bits per heavy atom. The molecule has 0 saturated heterocycles. The second-order valence-electron chi connectivity index (χ2n) is 6.12. The van der Waals surface area contributed by atoms with Gasteiger partial charge in [0.05, 0.1) is 13.7 Å². The fourth-order valence-corrected chi connectivity index (χ4v) is 2.16. The third kappa shape index (κ3) is 4.12. The predicted molar refractivity (Wildman–Crippen MR) is 81.1 cm³/mol. The average molecular weight is 281 g/mol. The Morgan fingerprint density at radius 2 is 1.90 bits per heavy atom. The number of hydrogen-bond donors (Lipinski definition) is 2. The third-order valence-corrected chi connectivity index (χ3v) is 3.38. The Hall–Kier alpha value is -1.26. The van der Waals surface area contributed by atoms with Gasteiger partial charge in [-0.15, -0.1) is 0 Å². The minimum atomic E-state index is -0.110. The van der Waals surface area contributed by atoms with E-state index in [0.717, 1.165) is 12.0 Å². The van der Waals surface area contributed by atoms with E-state index in [-0.39, 0.29) is 24.2 Å². The number of aliphatic hydroxyl groups excluding tert-OH is 1. The molecular formula is C16H27NO3. The minimum absolute atomic E-state index is 0.0200. The topological polar surface area (TPSA) is 64.7 Å². The van der Waals surface area contributed by atoms with Gasteiger partial charge in [-0.25, -0.2) is 0 Å². The van der Waals surface area contributed by atoms with E-state index in [9.17, 15) is 0 Å². The summed E-state index contributed by atoms with van der Waals surface area (Å²) in [6, 6.07) is 5.39. The van der Waals surface area contributed by atoms with Gasteiger partial charge in [0, 0.05) is 11.5 Å². The molecule has 0 fully saturated rings. The first-order valence-electron chi connectivity index (χ1n) is 7.03. The normalized spacial score (nSPS) is 14.8. The Bertz CT molecular complexity index is 426. The maximum atomic E-state index is 9.17. The summed E-state index contributed by atoms with van der Waals surface area (Å²) < 4.78 is 11.5. The molecule has 0 heterocycles. The molecule has 2 unspecified atom stereocenters. The highest BCUT2D eigenvalue weighted by atomic mass is 16.5. The van der Waals surface area contributed by atoms with Gasteiger partial charge in [-0.3, -0.25) is 0 Å². The van der Waals surface area contributed by atoms with Crippen LogP contribution in [0.5, 0.6) is 11.5 Å². The lowest BCUT2D eigenvalue weighted by Gasteiger charge is -2.35. The number of nitrogens with two attached hydrogens (primary N) is 1. The van der Waals surface area contributed by atoms with Gasteiger partial charge in [0.2, 0.25) is 0 Å². The van der Waals surface area contributed by atoms with E-state index in [0.29, 0.717) is 11.5 Å². The summed E-state index contributed by atoms with van der Waals surface area (Å²) in [7, 11) is 1.59. The van der Waals surface area contributed by atoms with Crippen LogP contribution in [-0.4, -0.2) is 24.4 Å². The Balaban J connectivity index is 3.05. The molecule has 4 nitrogen and oxygen atoms in total. The molecule has 20 heavy (non-hydrogen) atoms. The molecule has 0 bridgehead atoms. The number of methoxy groups -OCH3 is 1. The van der Waals surface area contributed by atoms with Gasteiger partial charge >= 0.3 is 0 Å². The zero-order valence-electron chi connectivity index (χ0n) is 13.1. The first kappa shape index (κ1) is 16.8. The summed E-state index contributed by atoms with van der Waals surface area (Å²) >= 11 is 0. The van der Waals surface area contributed by atoms with Gasteiger partial charge in [-0.1, -0.05) is 33.8 Å². The molecule has 0 aliphatic rings. The first-order chi connectivity index (χ1) is 9.33. The van der Waals surface area contributed by atoms with E-state index in [1.54, 1.807) is 13.2 Å². The average Bonchev–Trinajstić information content (AvgIpc) is 2.42. The summed E-state index contributed by atoms with van der Waals surface area (Å²) in [5, 5.41) is 9.17. The largest absolute Gasteiger partial charge is 0.493 e. The third-order valence-electron chi connectivity index (χ3n) is 3.38. The number of hydrogen-bond acceptors (Lipinski definition) is 4. The Kier molecular flexibility index (Phi) is 5.84. The Morgan fingerprint density at radius 1 is 1.25 bits per heavy atom. The van der Waals surface area contributed by atoms with Gasteiger partial charge in [-0.05, 0) is 24.1 Å². The van der Waals surface area contributed by atoms with E-state index >= 15 is 0 Å². The van der Waals surface area contributed by atoms with E-state index < -0.39 is 0 Å². The molecule has 0 aromatic heterocycles. The zero-order valence-corrected chi connectivity index (χ0v) is 13.1. The molecule has 2 atom stereocenters. The van der Waals surface area contributed by atoms with Crippen molar-refractivity contribution in [2.75, 3.05) is 7.11 Å². The number of aliphatic hydroxyl groups is 1. The quantitative estimate of drug-likeness (QED) is 0.841. The Labute approximate surface area is 121 Å². The van der Waals surface area contributed by atoms with Gasteiger partial charge in [0.25, 0.3) is 0 Å². The van der Waals surface area contributed by atoms with Gasteiger partial charge in [0.1, 0.15) is 6.10 Å². The second kappa shape index (κ2) is 6.95. The monoisotopic (exact) mass is 281 g/mol. The van der Waals surface area contributed by atoms with Crippen molar-refractivity contribution >= 4 is 0 Å². The van der Waals surface area contributed by atoms with Crippen LogP contribution in [0, 0.1) is 5.41 Å². The van der Waals surface area contributed by atoms with Crippen molar-refractivity contribution < 1.29 is 14.6 Å². The smallest absolute Gasteiger partial charge is 0.161 e. The lowest BCUT2D eigenvalue weighted by Crippen LogP contribution is -2.47. The maximum Gasteiger partial charge on any atom is 0.161 e. The van der Waals surface area contributed by atoms with Crippen LogP contribution >= 0.6 is 0 Å². The molecule has 0 aliphatic heterocycles. The van der Waals surface area contributed by atoms with Crippen LogP contribution in [-0.2, 0) is 6.61 Å². The van der Waals surface area contributed by atoms with Gasteiger partial charge in [0.15, 0.2) is 11.5 Å². The minimum Gasteiger partial charge on any atom is -0.493 e. The molecular weight excluding hydrogens is 254 g/mol. The first-order valence-corrected chi connectivity index (χ1v) is 7.03. The van der Waals surface area contributed by atoms with E-state index in [1.807, 2.05) is 12.1 Å². The number of rotatable bonds is 6. The van der Waals surface area contributed by atoms with Crippen molar-refractivity contribution in [1.29, 1.82) is 0 Å². The number of ether oxygens (including phenoxy) is 2. The molecule has 1 rings (SSSR count). The molecule has 0 spiro atoms. The molecule has 0 aliphatic carbocycles. The highest BCUT2D eigenvalue weighted by Crippen LogP contribution is 2.33. The van der Waals surface area contributed by atoms with Gasteiger partial charge in [-0.2, -0.15) is 0 Å². The molecule has 114 valence electrons. The van der Waals surface area contributed by atoms with Crippen LogP contribution in [0.4, 0.5) is 0 Å². The van der Waals surface area contributed by atoms with Crippen LogP contribution in [0.2, 0.25) is 0 Å². The molecule has 0 amide bonds. The highest BCUT2D eigenvalue weighted by molar-refractivity contribution is 5.43. The van der Waals surface area contributed by atoms with Gasteiger partial charge < -0.3 is 20.3 Å². The predicted octanol–water partition coefficient (Wildman–Crippen LogP) is 2.72. The van der Waals surface area contributed by atoms with E-state index in [1.165, 1.54) is 0 Å². The van der Waals surface area contributed by atoms with E-state index in [2.05, 4.69) is 27.7 Å². The zero-order chi connectivity index (χ0) is 15.3. The molecule has 1 aromatic rings. The van der Waals surface area contributed by atoms with Crippen LogP contribution < -0.4 is 15.2 Å². The van der Waals surface area contributed by atoms with Crippen LogP contribution in [0.3, 0.4) is 0 Å². The summed E-state index contributed by atoms with van der Waals surface area (Å²) in [4.78, 5) is 0. The van der Waals surface area contributed by atoms with Crippen LogP contribution in [0.25, 0.3) is 0 Å². The molecule has 4 heteroatoms. The fourth-order valence-electron chi connectivity index (χ4n) is 2.16. The maximum absolute atomic E-state index is 9.17. The van der Waals surface area contributed by atoms with Crippen LogP contribution in [0.15, 0.2) is 18.2 Å². The second-order valence-corrected chi connectivity index (χ2v) is 6.12. The number of benzene rings is 1. The summed E-state index contributed by atoms with van der Waals surface area (Å²) in [6.07, 6.45) is 0.736. The highest BCUT2D eigenvalue weighted by Gasteiger charge is 2.32. The van der Waals surface area contributed by atoms with Crippen molar-refractivity contribution in [2.45, 2.75) is 52.9 Å².